The van der Waals surface area contributed by atoms with Crippen molar-refractivity contribution >= 4 is 0 Å². The van der Waals surface area contributed by atoms with E-state index in [4.69, 9.17) is 0 Å². The number of nitrogens with zero attached hydrogens (tertiary/aromatic N) is 3. The van der Waals surface area contributed by atoms with Crippen molar-refractivity contribution < 1.29 is 0 Å². The molecule has 1 aromatic carbocycles. The van der Waals surface area contributed by atoms with Gasteiger partial charge in [0.1, 0.15) is 5.82 Å². The van der Waals surface area contributed by atoms with Gasteiger partial charge >= 0.3 is 0 Å². The van der Waals surface area contributed by atoms with E-state index in [-0.39, 0.29) is 0 Å². The Labute approximate surface area is 119 Å². The number of hydrogen-bond acceptors (Lipinski definition) is 3. The summed E-state index contributed by atoms with van der Waals surface area (Å²) < 4.78 is 2.35. The van der Waals surface area contributed by atoms with Crippen LogP contribution < -0.4 is 5.32 Å². The fourth-order valence-corrected chi connectivity index (χ4v) is 3.49. The highest BCUT2D eigenvalue weighted by Gasteiger charge is 2.34. The summed E-state index contributed by atoms with van der Waals surface area (Å²) in [5.74, 6) is 3.26. The van der Waals surface area contributed by atoms with Gasteiger partial charge < -0.3 is 9.88 Å². The first-order chi connectivity index (χ1) is 9.75. The lowest BCUT2D eigenvalue weighted by molar-refractivity contribution is 0.333. The van der Waals surface area contributed by atoms with E-state index in [2.05, 4.69) is 58.2 Å². The second-order valence-electron chi connectivity index (χ2n) is 6.20. The molecule has 0 saturated heterocycles. The third-order valence-corrected chi connectivity index (χ3v) is 4.62. The van der Waals surface area contributed by atoms with Crippen molar-refractivity contribution in [2.75, 3.05) is 6.54 Å². The summed E-state index contributed by atoms with van der Waals surface area (Å²) in [6.07, 6.45) is 1.11. The summed E-state index contributed by atoms with van der Waals surface area (Å²) in [5.41, 5.74) is 2.89. The third kappa shape index (κ3) is 1.64. The van der Waals surface area contributed by atoms with Gasteiger partial charge in [-0.1, -0.05) is 38.1 Å². The van der Waals surface area contributed by atoms with Gasteiger partial charge in [0.2, 0.25) is 0 Å². The minimum absolute atomic E-state index is 0.334. The topological polar surface area (TPSA) is 42.7 Å². The highest BCUT2D eigenvalue weighted by molar-refractivity contribution is 5.44. The van der Waals surface area contributed by atoms with Gasteiger partial charge in [0.05, 0.1) is 6.04 Å². The Kier molecular flexibility index (Phi) is 2.67. The molecule has 0 saturated carbocycles. The Hall–Kier alpha value is -1.68. The van der Waals surface area contributed by atoms with Crippen LogP contribution in [0.2, 0.25) is 0 Å². The third-order valence-electron chi connectivity index (χ3n) is 4.62. The predicted molar refractivity (Wildman–Crippen MR) is 77.6 cm³/mol. The number of fused-ring (bicyclic) bond motifs is 2. The first-order valence-electron chi connectivity index (χ1n) is 7.50. The number of aromatic nitrogens is 3. The lowest BCUT2D eigenvalue weighted by atomic mass is 9.77. The molecule has 1 N–H and O–H groups in total. The second-order valence-corrected chi connectivity index (χ2v) is 6.20. The van der Waals surface area contributed by atoms with Crippen molar-refractivity contribution in [1.29, 1.82) is 0 Å². The van der Waals surface area contributed by atoms with Crippen LogP contribution in [0.15, 0.2) is 24.3 Å². The van der Waals surface area contributed by atoms with Crippen LogP contribution >= 0.6 is 0 Å². The zero-order valence-electron chi connectivity index (χ0n) is 12.0. The maximum Gasteiger partial charge on any atom is 0.150 e. The number of rotatable bonds is 2. The van der Waals surface area contributed by atoms with Crippen molar-refractivity contribution in [3.63, 3.8) is 0 Å². The van der Waals surface area contributed by atoms with Crippen LogP contribution in [-0.2, 0) is 13.0 Å². The molecule has 2 heterocycles. The van der Waals surface area contributed by atoms with E-state index in [9.17, 15) is 0 Å². The van der Waals surface area contributed by atoms with Gasteiger partial charge in [-0.25, -0.2) is 0 Å². The number of nitrogens with one attached hydrogen (secondary N) is 1. The van der Waals surface area contributed by atoms with E-state index >= 15 is 0 Å². The van der Waals surface area contributed by atoms with E-state index in [1.165, 1.54) is 11.1 Å². The van der Waals surface area contributed by atoms with Gasteiger partial charge in [-0.15, -0.1) is 10.2 Å². The van der Waals surface area contributed by atoms with Gasteiger partial charge in [0.25, 0.3) is 0 Å². The molecule has 4 nitrogen and oxygen atoms in total. The maximum atomic E-state index is 4.52. The fourth-order valence-electron chi connectivity index (χ4n) is 3.49. The average molecular weight is 268 g/mol. The molecule has 1 aliphatic heterocycles. The largest absolute Gasteiger partial charge is 0.312 e. The second kappa shape index (κ2) is 4.42. The van der Waals surface area contributed by atoms with Gasteiger partial charge in [0.15, 0.2) is 5.82 Å². The number of hydrogen-bond donors (Lipinski definition) is 1. The maximum absolute atomic E-state index is 4.52. The molecular weight excluding hydrogens is 248 g/mol. The minimum Gasteiger partial charge on any atom is -0.312 e. The van der Waals surface area contributed by atoms with Crippen LogP contribution in [0.25, 0.3) is 0 Å². The zero-order valence-corrected chi connectivity index (χ0v) is 12.0. The molecule has 2 atom stereocenters. The van der Waals surface area contributed by atoms with Crippen LogP contribution in [0, 0.1) is 5.92 Å². The fraction of sp³-hybridized carbons (Fsp3) is 0.500. The molecule has 104 valence electrons. The molecule has 1 aliphatic carbocycles. The molecule has 20 heavy (non-hydrogen) atoms. The number of benzene rings is 1. The molecule has 2 aromatic rings. The predicted octanol–water partition coefficient (Wildman–Crippen LogP) is 2.27. The van der Waals surface area contributed by atoms with Crippen LogP contribution in [0.1, 0.15) is 48.6 Å². The van der Waals surface area contributed by atoms with Crippen LogP contribution in [0.3, 0.4) is 0 Å². The van der Waals surface area contributed by atoms with Gasteiger partial charge in [-0.2, -0.15) is 0 Å². The van der Waals surface area contributed by atoms with E-state index in [0.717, 1.165) is 31.2 Å². The Bertz CT molecular complexity index is 644. The molecule has 4 rings (SSSR count). The molecular formula is C16H20N4. The van der Waals surface area contributed by atoms with Gasteiger partial charge in [0, 0.05) is 19.0 Å². The van der Waals surface area contributed by atoms with E-state index in [1.807, 2.05) is 0 Å². The summed E-state index contributed by atoms with van der Waals surface area (Å²) >= 11 is 0. The Morgan fingerprint density at radius 2 is 2.00 bits per heavy atom. The van der Waals surface area contributed by atoms with Crippen molar-refractivity contribution in [2.45, 2.75) is 38.8 Å². The Balaban J connectivity index is 1.72. The SMILES string of the molecule is CC(C)C1NCCn2c(C3Cc4ccccc43)nnc21. The lowest BCUT2D eigenvalue weighted by Gasteiger charge is -2.32. The summed E-state index contributed by atoms with van der Waals surface area (Å²) in [6, 6.07) is 9.02. The minimum atomic E-state index is 0.334. The Morgan fingerprint density at radius 1 is 1.20 bits per heavy atom. The average Bonchev–Trinajstić information content (AvgIpc) is 2.84. The summed E-state index contributed by atoms with van der Waals surface area (Å²) in [6.45, 7) is 6.47. The molecule has 0 radical (unpaired) electrons. The first kappa shape index (κ1) is 12.1. The molecule has 0 bridgehead atoms. The van der Waals surface area contributed by atoms with Crippen molar-refractivity contribution in [3.8, 4) is 0 Å². The van der Waals surface area contributed by atoms with Crippen molar-refractivity contribution in [2.24, 2.45) is 5.92 Å². The van der Waals surface area contributed by atoms with E-state index in [0.29, 0.717) is 17.9 Å². The summed E-state index contributed by atoms with van der Waals surface area (Å²) in [4.78, 5) is 0. The molecule has 0 fully saturated rings. The van der Waals surface area contributed by atoms with Crippen molar-refractivity contribution in [1.82, 2.24) is 20.1 Å². The Morgan fingerprint density at radius 3 is 2.80 bits per heavy atom. The van der Waals surface area contributed by atoms with Crippen molar-refractivity contribution in [3.05, 3.63) is 47.0 Å². The van der Waals surface area contributed by atoms with E-state index < -0.39 is 0 Å². The standard InChI is InChI=1S/C16H20N4/c1-10(2)14-16-19-18-15(20(16)8-7-17-14)13-9-11-5-3-4-6-12(11)13/h3-6,10,13-14,17H,7-9H2,1-2H3. The molecule has 1 aromatic heterocycles. The normalized spacial score (nSPS) is 24.1. The molecule has 4 heteroatoms. The monoisotopic (exact) mass is 268 g/mol. The van der Waals surface area contributed by atoms with Gasteiger partial charge in [-0.05, 0) is 23.5 Å². The first-order valence-corrected chi connectivity index (χ1v) is 7.50. The lowest BCUT2D eigenvalue weighted by Crippen LogP contribution is -2.37. The molecule has 0 amide bonds. The van der Waals surface area contributed by atoms with Crippen LogP contribution in [0.5, 0.6) is 0 Å². The van der Waals surface area contributed by atoms with Gasteiger partial charge in [-0.3, -0.25) is 0 Å². The summed E-state index contributed by atoms with van der Waals surface area (Å²) in [7, 11) is 0. The van der Waals surface area contributed by atoms with Crippen LogP contribution in [0.4, 0.5) is 0 Å². The highest BCUT2D eigenvalue weighted by atomic mass is 15.3. The molecule has 2 unspecified atom stereocenters. The molecule has 0 spiro atoms. The highest BCUT2D eigenvalue weighted by Crippen LogP contribution is 2.40. The summed E-state index contributed by atoms with van der Waals surface area (Å²) in [5, 5.41) is 12.6. The smallest absolute Gasteiger partial charge is 0.150 e. The quantitative estimate of drug-likeness (QED) is 0.908. The van der Waals surface area contributed by atoms with Crippen LogP contribution in [-0.4, -0.2) is 21.3 Å². The van der Waals surface area contributed by atoms with E-state index in [1.54, 1.807) is 0 Å². The zero-order chi connectivity index (χ0) is 13.7. The molecule has 2 aliphatic rings.